The molecule has 2 amide bonds. The zero-order valence-electron chi connectivity index (χ0n) is 16.7. The average Bonchev–Trinajstić information content (AvgIpc) is 3.31. The Labute approximate surface area is 179 Å². The van der Waals surface area contributed by atoms with Gasteiger partial charge >= 0.3 is 0 Å². The molecule has 0 saturated carbocycles. The molecule has 154 valence electrons. The van der Waals surface area contributed by atoms with Crippen LogP contribution in [0, 0.1) is 6.92 Å². The number of hydrogen-bond donors (Lipinski definition) is 2. The van der Waals surface area contributed by atoms with E-state index < -0.39 is 0 Å². The largest absolute Gasteiger partial charge is 0.378 e. The van der Waals surface area contributed by atoms with Gasteiger partial charge in [-0.15, -0.1) is 11.3 Å². The highest BCUT2D eigenvalue weighted by molar-refractivity contribution is 7.12. The van der Waals surface area contributed by atoms with E-state index in [1.807, 2.05) is 30.5 Å². The number of rotatable bonds is 5. The summed E-state index contributed by atoms with van der Waals surface area (Å²) in [5.41, 5.74) is 4.04. The maximum Gasteiger partial charge on any atom is 0.265 e. The Morgan fingerprint density at radius 2 is 1.73 bits per heavy atom. The fourth-order valence-electron chi connectivity index (χ4n) is 3.26. The number of ether oxygens (including phenoxy) is 1. The van der Waals surface area contributed by atoms with E-state index in [9.17, 15) is 9.59 Å². The van der Waals surface area contributed by atoms with Crippen molar-refractivity contribution in [2.75, 3.05) is 41.8 Å². The van der Waals surface area contributed by atoms with Crippen LogP contribution in [0.5, 0.6) is 0 Å². The van der Waals surface area contributed by atoms with Gasteiger partial charge in [0.2, 0.25) is 0 Å². The predicted molar refractivity (Wildman–Crippen MR) is 121 cm³/mol. The SMILES string of the molecule is Cc1ccc(N2CCOCC2)cc1NC(=O)c1ccc(NC(=O)c2cccs2)cc1. The first-order valence-corrected chi connectivity index (χ1v) is 10.7. The zero-order chi connectivity index (χ0) is 20.9. The molecule has 2 heterocycles. The van der Waals surface area contributed by atoms with E-state index >= 15 is 0 Å². The van der Waals surface area contributed by atoms with Gasteiger partial charge in [0.25, 0.3) is 11.8 Å². The lowest BCUT2D eigenvalue weighted by Gasteiger charge is -2.29. The summed E-state index contributed by atoms with van der Waals surface area (Å²) in [5.74, 6) is -0.342. The molecule has 2 aromatic carbocycles. The Morgan fingerprint density at radius 3 is 2.43 bits per heavy atom. The van der Waals surface area contributed by atoms with Crippen molar-refractivity contribution >= 4 is 40.2 Å². The van der Waals surface area contributed by atoms with Gasteiger partial charge in [0.05, 0.1) is 18.1 Å². The van der Waals surface area contributed by atoms with Crippen molar-refractivity contribution in [1.29, 1.82) is 0 Å². The topological polar surface area (TPSA) is 70.7 Å². The number of hydrogen-bond acceptors (Lipinski definition) is 5. The van der Waals surface area contributed by atoms with Crippen LogP contribution in [-0.2, 0) is 4.74 Å². The third kappa shape index (κ3) is 4.69. The van der Waals surface area contributed by atoms with Crippen LogP contribution in [0.3, 0.4) is 0 Å². The Bertz CT molecular complexity index is 1030. The average molecular weight is 422 g/mol. The van der Waals surface area contributed by atoms with E-state index in [2.05, 4.69) is 21.6 Å². The third-order valence-electron chi connectivity index (χ3n) is 5.00. The quantitative estimate of drug-likeness (QED) is 0.641. The van der Waals surface area contributed by atoms with Gasteiger partial charge in [-0.1, -0.05) is 12.1 Å². The third-order valence-corrected chi connectivity index (χ3v) is 5.86. The van der Waals surface area contributed by atoms with Gasteiger partial charge in [-0.25, -0.2) is 0 Å². The molecule has 6 nitrogen and oxygen atoms in total. The number of carbonyl (C=O) groups excluding carboxylic acids is 2. The highest BCUT2D eigenvalue weighted by atomic mass is 32.1. The standard InChI is InChI=1S/C23H23N3O3S/c1-16-4-9-19(26-10-12-29-13-11-26)15-20(16)25-22(27)17-5-7-18(8-6-17)24-23(28)21-3-2-14-30-21/h2-9,14-15H,10-13H2,1H3,(H,24,28)(H,25,27). The van der Waals surface area contributed by atoms with E-state index in [1.165, 1.54) is 11.3 Å². The summed E-state index contributed by atoms with van der Waals surface area (Å²) < 4.78 is 5.42. The number of thiophene rings is 1. The van der Waals surface area contributed by atoms with Crippen molar-refractivity contribution in [2.24, 2.45) is 0 Å². The van der Waals surface area contributed by atoms with Crippen LogP contribution in [-0.4, -0.2) is 38.1 Å². The molecule has 2 N–H and O–H groups in total. The number of nitrogens with zero attached hydrogens (tertiary/aromatic N) is 1. The molecule has 0 spiro atoms. The second-order valence-electron chi connectivity index (χ2n) is 7.06. The lowest BCUT2D eigenvalue weighted by atomic mass is 10.1. The molecule has 3 aromatic rings. The molecular formula is C23H23N3O3S. The number of anilines is 3. The second-order valence-corrected chi connectivity index (χ2v) is 8.01. The van der Waals surface area contributed by atoms with Gasteiger partial charge in [-0.3, -0.25) is 9.59 Å². The summed E-state index contributed by atoms with van der Waals surface area (Å²) in [7, 11) is 0. The predicted octanol–water partition coefficient (Wildman–Crippen LogP) is 4.40. The minimum Gasteiger partial charge on any atom is -0.378 e. The minimum absolute atomic E-state index is 0.155. The first kappa shape index (κ1) is 20.1. The molecule has 4 rings (SSSR count). The molecule has 0 radical (unpaired) electrons. The molecule has 1 aromatic heterocycles. The Hall–Kier alpha value is -3.16. The van der Waals surface area contributed by atoms with Gasteiger partial charge in [0.15, 0.2) is 0 Å². The molecule has 0 atom stereocenters. The minimum atomic E-state index is -0.187. The van der Waals surface area contributed by atoms with Gasteiger partial charge < -0.3 is 20.3 Å². The van der Waals surface area contributed by atoms with Gasteiger partial charge in [-0.05, 0) is 60.3 Å². The van der Waals surface area contributed by atoms with Crippen LogP contribution >= 0.6 is 11.3 Å². The van der Waals surface area contributed by atoms with Crippen LogP contribution in [0.15, 0.2) is 60.0 Å². The Kier molecular flexibility index (Phi) is 6.11. The van der Waals surface area contributed by atoms with Crippen LogP contribution in [0.2, 0.25) is 0 Å². The molecule has 30 heavy (non-hydrogen) atoms. The smallest absolute Gasteiger partial charge is 0.265 e. The summed E-state index contributed by atoms with van der Waals surface area (Å²) in [6.07, 6.45) is 0. The maximum atomic E-state index is 12.7. The maximum absolute atomic E-state index is 12.7. The fraction of sp³-hybridized carbons (Fsp3) is 0.217. The van der Waals surface area contributed by atoms with Crippen LogP contribution in [0.25, 0.3) is 0 Å². The highest BCUT2D eigenvalue weighted by Gasteiger charge is 2.14. The molecule has 1 fully saturated rings. The molecule has 0 bridgehead atoms. The van der Waals surface area contributed by atoms with E-state index in [0.29, 0.717) is 29.3 Å². The van der Waals surface area contributed by atoms with Crippen LogP contribution in [0.4, 0.5) is 17.1 Å². The first-order chi connectivity index (χ1) is 14.6. The monoisotopic (exact) mass is 421 g/mol. The van der Waals surface area contributed by atoms with Crippen molar-refractivity contribution in [3.05, 3.63) is 76.0 Å². The van der Waals surface area contributed by atoms with Crippen molar-refractivity contribution in [3.63, 3.8) is 0 Å². The van der Waals surface area contributed by atoms with Gasteiger partial charge in [-0.2, -0.15) is 0 Å². The second kappa shape index (κ2) is 9.11. The van der Waals surface area contributed by atoms with Gasteiger partial charge in [0.1, 0.15) is 0 Å². The summed E-state index contributed by atoms with van der Waals surface area (Å²) in [4.78, 5) is 27.8. The number of carbonyl (C=O) groups is 2. The summed E-state index contributed by atoms with van der Waals surface area (Å²) in [5, 5.41) is 7.70. The summed E-state index contributed by atoms with van der Waals surface area (Å²) in [6, 6.07) is 16.6. The van der Waals surface area contributed by atoms with Gasteiger partial charge in [0, 0.05) is 35.7 Å². The Balaban J connectivity index is 1.43. The molecule has 1 aliphatic heterocycles. The highest BCUT2D eigenvalue weighted by Crippen LogP contribution is 2.25. The first-order valence-electron chi connectivity index (χ1n) is 9.80. The Morgan fingerprint density at radius 1 is 0.967 bits per heavy atom. The van der Waals surface area contributed by atoms with Crippen LogP contribution < -0.4 is 15.5 Å². The summed E-state index contributed by atoms with van der Waals surface area (Å²) in [6.45, 7) is 5.09. The van der Waals surface area contributed by atoms with Crippen molar-refractivity contribution < 1.29 is 14.3 Å². The molecule has 0 unspecified atom stereocenters. The van der Waals surface area contributed by atoms with Crippen molar-refractivity contribution in [3.8, 4) is 0 Å². The molecule has 0 aliphatic carbocycles. The number of amides is 2. The number of aryl methyl sites for hydroxylation is 1. The zero-order valence-corrected chi connectivity index (χ0v) is 17.5. The molecular weight excluding hydrogens is 398 g/mol. The van der Waals surface area contributed by atoms with Crippen molar-refractivity contribution in [1.82, 2.24) is 0 Å². The lowest BCUT2D eigenvalue weighted by molar-refractivity contribution is 0.102. The van der Waals surface area contributed by atoms with E-state index in [1.54, 1.807) is 30.3 Å². The van der Waals surface area contributed by atoms with E-state index in [0.717, 1.165) is 30.0 Å². The number of nitrogens with one attached hydrogen (secondary N) is 2. The molecule has 1 aliphatic rings. The van der Waals surface area contributed by atoms with E-state index in [4.69, 9.17) is 4.74 Å². The lowest BCUT2D eigenvalue weighted by Crippen LogP contribution is -2.36. The normalized spacial score (nSPS) is 13.7. The molecule has 7 heteroatoms. The van der Waals surface area contributed by atoms with Crippen molar-refractivity contribution in [2.45, 2.75) is 6.92 Å². The van der Waals surface area contributed by atoms with Crippen LogP contribution in [0.1, 0.15) is 25.6 Å². The van der Waals surface area contributed by atoms with E-state index in [-0.39, 0.29) is 11.8 Å². The molecule has 1 saturated heterocycles. The fourth-order valence-corrected chi connectivity index (χ4v) is 3.88. The number of benzene rings is 2. The number of morpholine rings is 1. The summed E-state index contributed by atoms with van der Waals surface area (Å²) >= 11 is 1.39.